The van der Waals surface area contributed by atoms with Crippen LogP contribution < -0.4 is 21.3 Å². The number of carbonyl (C=O) groups is 3. The zero-order chi connectivity index (χ0) is 28.1. The number of halogens is 2. The molecular weight excluding hydrogens is 510 g/mol. The van der Waals surface area contributed by atoms with Gasteiger partial charge in [-0.1, -0.05) is 11.2 Å². The highest BCUT2D eigenvalue weighted by atomic mass is 19.1. The van der Waals surface area contributed by atoms with Gasteiger partial charge < -0.3 is 20.1 Å². The van der Waals surface area contributed by atoms with Gasteiger partial charge in [0.15, 0.2) is 5.69 Å². The molecule has 0 bridgehead atoms. The van der Waals surface area contributed by atoms with E-state index in [1.165, 1.54) is 18.2 Å². The fourth-order valence-electron chi connectivity index (χ4n) is 5.15. The summed E-state index contributed by atoms with van der Waals surface area (Å²) >= 11 is 0. The number of carbonyl (C=O) groups excluding carboxylic acids is 3. The Hall–Kier alpha value is -3.38. The van der Waals surface area contributed by atoms with Gasteiger partial charge in [0.05, 0.1) is 12.2 Å². The second kappa shape index (κ2) is 12.6. The van der Waals surface area contributed by atoms with Gasteiger partial charge in [-0.05, 0) is 52.5 Å². The van der Waals surface area contributed by atoms with Crippen LogP contribution in [0.1, 0.15) is 73.8 Å². The smallest absolute Gasteiger partial charge is 0.274 e. The number of rotatable bonds is 9. The fourth-order valence-corrected chi connectivity index (χ4v) is 5.15. The molecule has 1 aromatic heterocycles. The normalized spacial score (nSPS) is 22.8. The highest BCUT2D eigenvalue weighted by molar-refractivity contribution is 5.96. The molecule has 2 saturated heterocycles. The Kier molecular flexibility index (Phi) is 9.28. The molecule has 2 aromatic rings. The van der Waals surface area contributed by atoms with E-state index in [4.69, 9.17) is 4.52 Å². The number of nitrogens with one attached hydrogen (secondary N) is 4. The standard InChI is InChI=1S/C27H36F2N6O4/c1-15-6-4-5-11-35(15)24(36)10-9-21(33-27(38)22-12-16(2)39-34-22)26(37)31-17(3)25-30-14-23(32-25)19-8-7-18(28)13-20(19)29/h7-8,12-13,15,17,21,23,25,30,32H,4-6,9-11,14H2,1-3H3,(H,31,37)(H,33,38)/t15-,17-,21-,23?,25?/m0/s1. The molecule has 39 heavy (non-hydrogen) atoms. The Bertz CT molecular complexity index is 1190. The zero-order valence-electron chi connectivity index (χ0n) is 22.4. The maximum Gasteiger partial charge on any atom is 0.274 e. The minimum absolute atomic E-state index is 0.0395. The van der Waals surface area contributed by atoms with E-state index in [0.717, 1.165) is 25.3 Å². The molecule has 2 aliphatic rings. The van der Waals surface area contributed by atoms with E-state index in [0.29, 0.717) is 24.4 Å². The lowest BCUT2D eigenvalue weighted by Crippen LogP contribution is -2.56. The summed E-state index contributed by atoms with van der Waals surface area (Å²) in [6.07, 6.45) is 2.77. The quantitative estimate of drug-likeness (QED) is 0.380. The van der Waals surface area contributed by atoms with Crippen LogP contribution in [0.2, 0.25) is 0 Å². The summed E-state index contributed by atoms with van der Waals surface area (Å²) in [6.45, 7) is 6.51. The Labute approximate surface area is 226 Å². The Morgan fingerprint density at radius 3 is 2.69 bits per heavy atom. The van der Waals surface area contributed by atoms with Gasteiger partial charge in [0, 0.05) is 49.3 Å². The van der Waals surface area contributed by atoms with Gasteiger partial charge in [-0.3, -0.25) is 25.0 Å². The van der Waals surface area contributed by atoms with E-state index >= 15 is 0 Å². The molecule has 0 spiro atoms. The molecule has 2 aliphatic heterocycles. The molecule has 1 aromatic carbocycles. The predicted octanol–water partition coefficient (Wildman–Crippen LogP) is 2.31. The molecule has 3 heterocycles. The van der Waals surface area contributed by atoms with Crippen LogP contribution in [0.3, 0.4) is 0 Å². The molecule has 5 atom stereocenters. The average molecular weight is 547 g/mol. The topological polar surface area (TPSA) is 129 Å². The van der Waals surface area contributed by atoms with E-state index in [1.807, 2.05) is 11.8 Å². The first-order valence-electron chi connectivity index (χ1n) is 13.4. The second-order valence-electron chi connectivity index (χ2n) is 10.4. The van der Waals surface area contributed by atoms with E-state index in [9.17, 15) is 23.2 Å². The molecule has 10 nitrogen and oxygen atoms in total. The van der Waals surface area contributed by atoms with Crippen LogP contribution in [0.5, 0.6) is 0 Å². The van der Waals surface area contributed by atoms with Crippen LogP contribution in [0.15, 0.2) is 28.8 Å². The average Bonchev–Trinajstić information content (AvgIpc) is 3.56. The number of hydrogen-bond donors (Lipinski definition) is 4. The van der Waals surface area contributed by atoms with E-state index in [2.05, 4.69) is 26.4 Å². The third-order valence-electron chi connectivity index (χ3n) is 7.38. The molecular formula is C27H36F2N6O4. The fraction of sp³-hybridized carbons (Fsp3) is 0.556. The maximum atomic E-state index is 14.3. The summed E-state index contributed by atoms with van der Waals surface area (Å²) in [5, 5.41) is 15.7. The van der Waals surface area contributed by atoms with Crippen molar-refractivity contribution in [2.75, 3.05) is 13.1 Å². The zero-order valence-corrected chi connectivity index (χ0v) is 22.4. The van der Waals surface area contributed by atoms with Crippen molar-refractivity contribution in [2.24, 2.45) is 0 Å². The summed E-state index contributed by atoms with van der Waals surface area (Å²) in [5.41, 5.74) is 0.362. The molecule has 4 N–H and O–H groups in total. The van der Waals surface area contributed by atoms with Crippen LogP contribution >= 0.6 is 0 Å². The lowest BCUT2D eigenvalue weighted by atomic mass is 10.0. The number of nitrogens with zero attached hydrogens (tertiary/aromatic N) is 2. The second-order valence-corrected chi connectivity index (χ2v) is 10.4. The monoisotopic (exact) mass is 546 g/mol. The van der Waals surface area contributed by atoms with Gasteiger partial charge in [-0.25, -0.2) is 8.78 Å². The number of amides is 3. The molecule has 212 valence electrons. The minimum atomic E-state index is -0.993. The highest BCUT2D eigenvalue weighted by Gasteiger charge is 2.33. The molecule has 0 aliphatic carbocycles. The molecule has 4 rings (SSSR count). The van der Waals surface area contributed by atoms with E-state index < -0.39 is 47.7 Å². The Morgan fingerprint density at radius 1 is 1.21 bits per heavy atom. The maximum absolute atomic E-state index is 14.3. The molecule has 12 heteroatoms. The van der Waals surface area contributed by atoms with Crippen LogP contribution in [0, 0.1) is 18.6 Å². The van der Waals surface area contributed by atoms with Crippen molar-refractivity contribution in [1.29, 1.82) is 0 Å². The SMILES string of the molecule is Cc1cc(C(=O)N[C@@H](CCC(=O)N2CCCC[C@@H]2C)C(=O)N[C@@H](C)C2NCC(c3ccc(F)cc3F)N2)no1. The van der Waals surface area contributed by atoms with Crippen molar-refractivity contribution >= 4 is 17.7 Å². The summed E-state index contributed by atoms with van der Waals surface area (Å²) < 4.78 is 32.5. The minimum Gasteiger partial charge on any atom is -0.361 e. The Morgan fingerprint density at radius 2 is 2.00 bits per heavy atom. The van der Waals surface area contributed by atoms with E-state index in [-0.39, 0.29) is 30.5 Å². The van der Waals surface area contributed by atoms with Crippen molar-refractivity contribution in [3.8, 4) is 0 Å². The van der Waals surface area contributed by atoms with E-state index in [1.54, 1.807) is 13.8 Å². The summed E-state index contributed by atoms with van der Waals surface area (Å²) in [7, 11) is 0. The molecule has 3 amide bonds. The lowest BCUT2D eigenvalue weighted by Gasteiger charge is -2.34. The van der Waals surface area contributed by atoms with Gasteiger partial charge in [0.2, 0.25) is 11.8 Å². The third kappa shape index (κ3) is 7.18. The predicted molar refractivity (Wildman–Crippen MR) is 138 cm³/mol. The highest BCUT2D eigenvalue weighted by Crippen LogP contribution is 2.22. The van der Waals surface area contributed by atoms with Crippen molar-refractivity contribution in [2.45, 2.75) is 83.2 Å². The first-order chi connectivity index (χ1) is 18.6. The number of aromatic nitrogens is 1. The van der Waals surface area contributed by atoms with Gasteiger partial charge in [0.25, 0.3) is 5.91 Å². The van der Waals surface area contributed by atoms with Crippen molar-refractivity contribution in [3.63, 3.8) is 0 Å². The molecule has 2 fully saturated rings. The number of benzene rings is 1. The van der Waals surface area contributed by atoms with Gasteiger partial charge in [-0.2, -0.15) is 0 Å². The number of hydrogen-bond acceptors (Lipinski definition) is 7. The van der Waals surface area contributed by atoms with Crippen molar-refractivity contribution in [3.05, 3.63) is 52.9 Å². The largest absolute Gasteiger partial charge is 0.361 e. The van der Waals surface area contributed by atoms with Crippen LogP contribution in [-0.4, -0.2) is 65.2 Å². The first-order valence-corrected chi connectivity index (χ1v) is 13.4. The first kappa shape index (κ1) is 28.6. The van der Waals surface area contributed by atoms with Gasteiger partial charge >= 0.3 is 0 Å². The number of aryl methyl sites for hydroxylation is 1. The van der Waals surface area contributed by atoms with Crippen molar-refractivity contribution in [1.82, 2.24) is 31.3 Å². The van der Waals surface area contributed by atoms with Gasteiger partial charge in [-0.15, -0.1) is 0 Å². The van der Waals surface area contributed by atoms with Crippen LogP contribution in [0.4, 0.5) is 8.78 Å². The van der Waals surface area contributed by atoms with Gasteiger partial charge in [0.1, 0.15) is 23.4 Å². The summed E-state index contributed by atoms with van der Waals surface area (Å²) in [6, 6.07) is 3.18. The number of piperidine rings is 1. The molecule has 0 saturated carbocycles. The summed E-state index contributed by atoms with van der Waals surface area (Å²) in [5.74, 6) is -1.94. The Balaban J connectivity index is 1.39. The number of likely N-dealkylation sites (tertiary alicyclic amines) is 1. The lowest BCUT2D eigenvalue weighted by molar-refractivity contribution is -0.134. The van der Waals surface area contributed by atoms with Crippen LogP contribution in [-0.2, 0) is 9.59 Å². The molecule has 0 radical (unpaired) electrons. The van der Waals surface area contributed by atoms with Crippen LogP contribution in [0.25, 0.3) is 0 Å². The third-order valence-corrected chi connectivity index (χ3v) is 7.38. The summed E-state index contributed by atoms with van der Waals surface area (Å²) in [4.78, 5) is 40.9. The van der Waals surface area contributed by atoms with Crippen molar-refractivity contribution < 1.29 is 27.7 Å². The molecule has 2 unspecified atom stereocenters.